The molecule has 4 rings (SSSR count). The van der Waals surface area contributed by atoms with Crippen molar-refractivity contribution in [3.05, 3.63) is 40.5 Å². The molecular weight excluding hydrogens is 304 g/mol. The van der Waals surface area contributed by atoms with Gasteiger partial charge in [0.25, 0.3) is 5.69 Å². The molecule has 3 aliphatic heterocycles. The number of ether oxygens (including phenoxy) is 2. The van der Waals surface area contributed by atoms with Crippen molar-refractivity contribution in [2.75, 3.05) is 12.0 Å². The number of carbonyl (C=O) groups is 2. The Kier molecular flexibility index (Phi) is 2.79. The number of fused-ring (bicyclic) bond motifs is 5. The van der Waals surface area contributed by atoms with Crippen molar-refractivity contribution >= 4 is 23.2 Å². The number of nitrogens with zero attached hydrogens (tertiary/aromatic N) is 2. The first kappa shape index (κ1) is 13.9. The Bertz CT molecular complexity index is 743. The first-order valence-corrected chi connectivity index (χ1v) is 7.07. The molecule has 2 fully saturated rings. The van der Waals surface area contributed by atoms with Gasteiger partial charge in [-0.1, -0.05) is 12.2 Å². The Labute approximate surface area is 130 Å². The Balaban J connectivity index is 1.76. The minimum Gasteiger partial charge on any atom is -0.494 e. The number of nitro groups is 1. The summed E-state index contributed by atoms with van der Waals surface area (Å²) in [6, 6.07) is 3.81. The molecule has 0 saturated carbocycles. The van der Waals surface area contributed by atoms with Gasteiger partial charge in [0.2, 0.25) is 11.8 Å². The average molecular weight is 316 g/mol. The van der Waals surface area contributed by atoms with Crippen LogP contribution in [0.1, 0.15) is 0 Å². The average Bonchev–Trinajstić information content (AvgIpc) is 3.21. The zero-order valence-electron chi connectivity index (χ0n) is 12.0. The van der Waals surface area contributed by atoms with Gasteiger partial charge in [0.15, 0.2) is 0 Å². The topological polar surface area (TPSA) is 99.0 Å². The lowest BCUT2D eigenvalue weighted by atomic mass is 9.85. The maximum Gasteiger partial charge on any atom is 0.273 e. The van der Waals surface area contributed by atoms with Crippen molar-refractivity contribution < 1.29 is 24.0 Å². The maximum atomic E-state index is 12.7. The summed E-state index contributed by atoms with van der Waals surface area (Å²) in [7, 11) is 1.34. The minimum absolute atomic E-state index is 0.113. The van der Waals surface area contributed by atoms with Crippen LogP contribution in [-0.2, 0) is 14.3 Å². The third-order valence-electron chi connectivity index (χ3n) is 4.53. The predicted octanol–water partition coefficient (Wildman–Crippen LogP) is 1.05. The lowest BCUT2D eigenvalue weighted by molar-refractivity contribution is -0.384. The van der Waals surface area contributed by atoms with Crippen LogP contribution in [0.3, 0.4) is 0 Å². The smallest absolute Gasteiger partial charge is 0.273 e. The molecule has 8 heteroatoms. The number of imide groups is 1. The molecule has 1 aromatic rings. The van der Waals surface area contributed by atoms with Crippen molar-refractivity contribution in [3.8, 4) is 5.75 Å². The molecule has 8 nitrogen and oxygen atoms in total. The first-order chi connectivity index (χ1) is 11.0. The number of anilines is 1. The highest BCUT2D eigenvalue weighted by molar-refractivity contribution is 6.23. The van der Waals surface area contributed by atoms with Crippen molar-refractivity contribution in [2.24, 2.45) is 11.8 Å². The fraction of sp³-hybridized carbons (Fsp3) is 0.333. The fourth-order valence-electron chi connectivity index (χ4n) is 3.51. The number of methoxy groups -OCH3 is 1. The van der Waals surface area contributed by atoms with Crippen molar-refractivity contribution in [1.29, 1.82) is 0 Å². The summed E-state index contributed by atoms with van der Waals surface area (Å²) < 4.78 is 10.7. The van der Waals surface area contributed by atoms with Gasteiger partial charge >= 0.3 is 0 Å². The second kappa shape index (κ2) is 4.63. The second-order valence-electron chi connectivity index (χ2n) is 5.63. The van der Waals surface area contributed by atoms with Gasteiger partial charge in [-0.3, -0.25) is 19.7 Å². The summed E-state index contributed by atoms with van der Waals surface area (Å²) in [6.07, 6.45) is 2.84. The molecule has 0 aliphatic carbocycles. The van der Waals surface area contributed by atoms with Crippen LogP contribution in [-0.4, -0.2) is 36.1 Å². The van der Waals surface area contributed by atoms with Crippen LogP contribution in [0, 0.1) is 22.0 Å². The molecule has 0 radical (unpaired) electrons. The maximum absolute atomic E-state index is 12.7. The first-order valence-electron chi connectivity index (χ1n) is 7.07. The Morgan fingerprint density at radius 3 is 2.30 bits per heavy atom. The van der Waals surface area contributed by atoms with Gasteiger partial charge in [0.05, 0.1) is 47.8 Å². The van der Waals surface area contributed by atoms with Crippen LogP contribution in [0.2, 0.25) is 0 Å². The Morgan fingerprint density at radius 2 is 1.78 bits per heavy atom. The van der Waals surface area contributed by atoms with Crippen LogP contribution in [0.25, 0.3) is 0 Å². The van der Waals surface area contributed by atoms with Crippen LogP contribution < -0.4 is 9.64 Å². The highest BCUT2D eigenvalue weighted by Gasteiger charge is 2.61. The lowest BCUT2D eigenvalue weighted by Crippen LogP contribution is -2.34. The predicted molar refractivity (Wildman–Crippen MR) is 76.9 cm³/mol. The molecule has 3 heterocycles. The van der Waals surface area contributed by atoms with Gasteiger partial charge in [0.1, 0.15) is 5.75 Å². The van der Waals surface area contributed by atoms with Crippen molar-refractivity contribution in [2.45, 2.75) is 12.2 Å². The zero-order chi connectivity index (χ0) is 16.3. The van der Waals surface area contributed by atoms with Crippen LogP contribution >= 0.6 is 0 Å². The van der Waals surface area contributed by atoms with Gasteiger partial charge < -0.3 is 9.47 Å². The third-order valence-corrected chi connectivity index (χ3v) is 4.53. The summed E-state index contributed by atoms with van der Waals surface area (Å²) in [6.45, 7) is 0. The van der Waals surface area contributed by atoms with Crippen LogP contribution in [0.4, 0.5) is 11.4 Å². The summed E-state index contributed by atoms with van der Waals surface area (Å²) in [5.74, 6) is -1.66. The van der Waals surface area contributed by atoms with Gasteiger partial charge in [-0.2, -0.15) is 0 Å². The molecule has 0 aromatic heterocycles. The number of non-ortho nitro benzene ring substituents is 1. The third kappa shape index (κ3) is 1.75. The van der Waals surface area contributed by atoms with Crippen LogP contribution in [0.5, 0.6) is 5.75 Å². The molecule has 2 amide bonds. The van der Waals surface area contributed by atoms with Crippen LogP contribution in [0.15, 0.2) is 30.4 Å². The number of amides is 2. The minimum atomic E-state index is -0.563. The number of hydrogen-bond donors (Lipinski definition) is 0. The number of benzene rings is 1. The van der Waals surface area contributed by atoms with E-state index in [4.69, 9.17) is 9.47 Å². The molecule has 2 saturated heterocycles. The number of hydrogen-bond acceptors (Lipinski definition) is 6. The Hall–Kier alpha value is -2.74. The summed E-state index contributed by atoms with van der Waals surface area (Å²) in [4.78, 5) is 36.7. The monoisotopic (exact) mass is 316 g/mol. The van der Waals surface area contributed by atoms with E-state index in [0.29, 0.717) is 0 Å². The molecule has 0 unspecified atom stereocenters. The standard InChI is InChI=1S/C15H12N2O6/c1-22-11-6-7(17(20)21)2-3-8(11)16-14(18)12-9-4-5-10(23-9)13(12)15(16)19/h2-6,9-10,12-13H,1H3/t9-,10+,12-,13+. The quantitative estimate of drug-likeness (QED) is 0.358. The van der Waals surface area contributed by atoms with E-state index in [1.54, 1.807) is 12.2 Å². The largest absolute Gasteiger partial charge is 0.494 e. The normalized spacial score (nSPS) is 30.9. The second-order valence-corrected chi connectivity index (χ2v) is 5.63. The molecule has 3 aliphatic rings. The highest BCUT2D eigenvalue weighted by Crippen LogP contribution is 2.47. The van der Waals surface area contributed by atoms with Crippen molar-refractivity contribution in [1.82, 2.24) is 0 Å². The zero-order valence-corrected chi connectivity index (χ0v) is 12.0. The number of carbonyl (C=O) groups excluding carboxylic acids is 2. The number of rotatable bonds is 3. The molecule has 2 bridgehead atoms. The molecule has 23 heavy (non-hydrogen) atoms. The summed E-state index contributed by atoms with van der Waals surface area (Å²) in [5.41, 5.74) is 0.0526. The van der Waals surface area contributed by atoms with E-state index < -0.39 is 16.8 Å². The van der Waals surface area contributed by atoms with E-state index in [1.165, 1.54) is 25.3 Å². The fourth-order valence-corrected chi connectivity index (χ4v) is 3.51. The lowest BCUT2D eigenvalue weighted by Gasteiger charge is -2.19. The molecule has 4 atom stereocenters. The van der Waals surface area contributed by atoms with E-state index in [9.17, 15) is 19.7 Å². The van der Waals surface area contributed by atoms with E-state index in [2.05, 4.69) is 0 Å². The van der Waals surface area contributed by atoms with E-state index in [-0.39, 0.29) is 41.1 Å². The molecule has 0 N–H and O–H groups in total. The highest BCUT2D eigenvalue weighted by atomic mass is 16.6. The Morgan fingerprint density at radius 1 is 1.17 bits per heavy atom. The molecule has 0 spiro atoms. The van der Waals surface area contributed by atoms with Gasteiger partial charge in [0, 0.05) is 6.07 Å². The van der Waals surface area contributed by atoms with Crippen molar-refractivity contribution in [3.63, 3.8) is 0 Å². The molecular formula is C15H12N2O6. The van der Waals surface area contributed by atoms with E-state index in [0.717, 1.165) is 4.90 Å². The van der Waals surface area contributed by atoms with Gasteiger partial charge in [-0.05, 0) is 6.07 Å². The van der Waals surface area contributed by atoms with Gasteiger partial charge in [-0.25, -0.2) is 4.90 Å². The SMILES string of the molecule is COc1cc([N+](=O)[O-])ccc1N1C(=O)[C@@H]2[C@H](C1=O)[C@H]1C=C[C@@H]2O1. The van der Waals surface area contributed by atoms with Gasteiger partial charge in [-0.15, -0.1) is 0 Å². The number of nitro benzene ring substituents is 1. The van der Waals surface area contributed by atoms with E-state index >= 15 is 0 Å². The molecule has 118 valence electrons. The summed E-state index contributed by atoms with van der Waals surface area (Å²) >= 11 is 0. The molecule has 1 aromatic carbocycles. The summed E-state index contributed by atoms with van der Waals surface area (Å²) in [5, 5.41) is 10.9. The van der Waals surface area contributed by atoms with E-state index in [1.807, 2.05) is 0 Å².